The van der Waals surface area contributed by atoms with E-state index in [0.29, 0.717) is 22.6 Å². The molecule has 0 amide bonds. The fraction of sp³-hybridized carbons (Fsp3) is 0.207. The third-order valence-corrected chi connectivity index (χ3v) is 7.01. The molecule has 1 fully saturated rings. The van der Waals surface area contributed by atoms with Crippen molar-refractivity contribution >= 4 is 17.5 Å². The molecule has 0 spiro atoms. The van der Waals surface area contributed by atoms with Crippen LogP contribution >= 0.6 is 0 Å². The number of carbonyl (C=O) groups is 1. The first-order chi connectivity index (χ1) is 17.1. The van der Waals surface area contributed by atoms with Gasteiger partial charge >= 0.3 is 0 Å². The van der Waals surface area contributed by atoms with E-state index in [1.54, 1.807) is 37.4 Å². The molecule has 0 N–H and O–H groups in total. The van der Waals surface area contributed by atoms with Gasteiger partial charge in [0.2, 0.25) is 0 Å². The molecule has 6 heteroatoms. The second-order valence-corrected chi connectivity index (χ2v) is 8.62. The number of hydrogen-bond acceptors (Lipinski definition) is 6. The van der Waals surface area contributed by atoms with Crippen LogP contribution in [0.2, 0.25) is 0 Å². The van der Waals surface area contributed by atoms with Crippen molar-refractivity contribution in [2.45, 2.75) is 18.0 Å². The molecule has 0 aromatic heterocycles. The van der Waals surface area contributed by atoms with Crippen LogP contribution in [-0.2, 0) is 0 Å². The van der Waals surface area contributed by atoms with Crippen LogP contribution in [0.15, 0.2) is 78.9 Å². The van der Waals surface area contributed by atoms with Gasteiger partial charge in [0.15, 0.2) is 11.2 Å². The van der Waals surface area contributed by atoms with E-state index in [0.717, 1.165) is 11.3 Å². The molecule has 2 aliphatic rings. The van der Waals surface area contributed by atoms with Crippen molar-refractivity contribution in [2.75, 3.05) is 19.1 Å². The Balaban J connectivity index is 1.83. The molecule has 0 saturated carbocycles. The van der Waals surface area contributed by atoms with Crippen LogP contribution in [0, 0.1) is 28.1 Å². The number of Topliss-reactive ketones (excluding diaryl/α,β-unsaturated/α-hetero) is 1. The Morgan fingerprint density at radius 2 is 1.66 bits per heavy atom. The molecule has 5 rings (SSSR count). The minimum absolute atomic E-state index is 0.164. The van der Waals surface area contributed by atoms with Crippen molar-refractivity contribution in [2.24, 2.45) is 5.41 Å². The van der Waals surface area contributed by atoms with E-state index in [9.17, 15) is 15.3 Å². The number of para-hydroxylation sites is 1. The predicted molar refractivity (Wildman–Crippen MR) is 132 cm³/mol. The van der Waals surface area contributed by atoms with E-state index in [1.165, 1.54) is 7.11 Å². The fourth-order valence-corrected chi connectivity index (χ4v) is 5.43. The summed E-state index contributed by atoms with van der Waals surface area (Å²) in [6.07, 6.45) is 3.79. The average Bonchev–Trinajstić information content (AvgIpc) is 3.23. The minimum atomic E-state index is -1.56. The Bertz CT molecular complexity index is 1390. The molecule has 3 aromatic carbocycles. The maximum atomic E-state index is 14.2. The molecule has 3 atom stereocenters. The van der Waals surface area contributed by atoms with Gasteiger partial charge in [-0.1, -0.05) is 60.7 Å². The fourth-order valence-electron chi connectivity index (χ4n) is 5.43. The highest BCUT2D eigenvalue weighted by atomic mass is 16.5. The number of fused-ring (bicyclic) bond motifs is 3. The number of ketones is 1. The number of ether oxygens (including phenoxy) is 2. The van der Waals surface area contributed by atoms with Crippen LogP contribution in [0.4, 0.5) is 5.69 Å². The zero-order valence-electron chi connectivity index (χ0n) is 19.4. The minimum Gasteiger partial charge on any atom is -0.497 e. The van der Waals surface area contributed by atoms with Gasteiger partial charge in [0.25, 0.3) is 0 Å². The second-order valence-electron chi connectivity index (χ2n) is 8.62. The van der Waals surface area contributed by atoms with Crippen LogP contribution in [0.25, 0.3) is 6.08 Å². The molecule has 2 aliphatic heterocycles. The van der Waals surface area contributed by atoms with E-state index < -0.39 is 23.4 Å². The number of hydrogen-bond donors (Lipinski definition) is 0. The Labute approximate surface area is 204 Å². The molecule has 1 saturated heterocycles. The third kappa shape index (κ3) is 3.26. The van der Waals surface area contributed by atoms with Gasteiger partial charge in [-0.25, -0.2) is 0 Å². The third-order valence-electron chi connectivity index (χ3n) is 7.01. The van der Waals surface area contributed by atoms with Crippen molar-refractivity contribution in [1.82, 2.24) is 0 Å². The second kappa shape index (κ2) is 8.66. The number of benzene rings is 3. The van der Waals surface area contributed by atoms with Gasteiger partial charge in [-0.05, 0) is 29.8 Å². The number of methoxy groups -OCH3 is 2. The summed E-state index contributed by atoms with van der Waals surface area (Å²) in [5.41, 5.74) is 1.29. The molecule has 172 valence electrons. The van der Waals surface area contributed by atoms with Gasteiger partial charge in [-0.2, -0.15) is 10.5 Å². The van der Waals surface area contributed by atoms with Crippen molar-refractivity contribution in [3.05, 3.63) is 95.6 Å². The van der Waals surface area contributed by atoms with Gasteiger partial charge in [0.05, 0.1) is 38.3 Å². The standard InChI is InChI=1S/C29H23N3O3/c1-34-21-13-14-24(35-2)22(16-21)26-27(28(33)20-9-4-3-5-10-20)32-23-11-7-6-8-19(23)12-15-25(32)29(26,17-30)18-31/h3-16,25-27H,1-2H3/t25-,26-,27-/m1/s1. The van der Waals surface area contributed by atoms with E-state index in [-0.39, 0.29) is 5.78 Å². The summed E-state index contributed by atoms with van der Waals surface area (Å²) in [5.74, 6) is 0.0740. The van der Waals surface area contributed by atoms with E-state index in [4.69, 9.17) is 9.47 Å². The number of nitrogens with zero attached hydrogens (tertiary/aromatic N) is 3. The topological polar surface area (TPSA) is 86.3 Å². The van der Waals surface area contributed by atoms with Crippen molar-refractivity contribution in [1.29, 1.82) is 10.5 Å². The number of carbonyl (C=O) groups excluding carboxylic acids is 1. The van der Waals surface area contributed by atoms with Gasteiger partial charge in [-0.15, -0.1) is 0 Å². The molecule has 0 bridgehead atoms. The molecule has 2 heterocycles. The highest BCUT2D eigenvalue weighted by Crippen LogP contribution is 2.57. The Morgan fingerprint density at radius 1 is 0.943 bits per heavy atom. The smallest absolute Gasteiger partial charge is 0.185 e. The van der Waals surface area contributed by atoms with Crippen molar-refractivity contribution in [3.63, 3.8) is 0 Å². The zero-order chi connectivity index (χ0) is 24.6. The van der Waals surface area contributed by atoms with Crippen LogP contribution in [-0.4, -0.2) is 32.1 Å². The maximum absolute atomic E-state index is 14.2. The Kier molecular flexibility index (Phi) is 5.51. The molecular weight excluding hydrogens is 438 g/mol. The molecule has 35 heavy (non-hydrogen) atoms. The van der Waals surface area contributed by atoms with Gasteiger partial charge in [-0.3, -0.25) is 4.79 Å². The first kappa shape index (κ1) is 22.3. The predicted octanol–water partition coefficient (Wildman–Crippen LogP) is 4.99. The highest BCUT2D eigenvalue weighted by molar-refractivity contribution is 6.04. The summed E-state index contributed by atoms with van der Waals surface area (Å²) < 4.78 is 11.1. The van der Waals surface area contributed by atoms with E-state index in [2.05, 4.69) is 12.1 Å². The number of nitriles is 2. The van der Waals surface area contributed by atoms with E-state index in [1.807, 2.05) is 59.5 Å². The zero-order valence-corrected chi connectivity index (χ0v) is 19.4. The molecule has 0 unspecified atom stereocenters. The van der Waals surface area contributed by atoms with Gasteiger partial charge in [0.1, 0.15) is 17.5 Å². The summed E-state index contributed by atoms with van der Waals surface area (Å²) in [5, 5.41) is 21.2. The summed E-state index contributed by atoms with van der Waals surface area (Å²) in [6, 6.07) is 25.2. The number of rotatable bonds is 5. The molecule has 3 aromatic rings. The summed E-state index contributed by atoms with van der Waals surface area (Å²) in [7, 11) is 3.09. The Morgan fingerprint density at radius 3 is 2.34 bits per heavy atom. The van der Waals surface area contributed by atoms with Crippen LogP contribution in [0.1, 0.15) is 27.4 Å². The molecule has 6 nitrogen and oxygen atoms in total. The molecular formula is C29H23N3O3. The molecule has 0 aliphatic carbocycles. The first-order valence-corrected chi connectivity index (χ1v) is 11.3. The lowest BCUT2D eigenvalue weighted by molar-refractivity contribution is 0.0950. The average molecular weight is 462 g/mol. The van der Waals surface area contributed by atoms with Crippen LogP contribution < -0.4 is 14.4 Å². The van der Waals surface area contributed by atoms with Gasteiger partial charge < -0.3 is 14.4 Å². The lowest BCUT2D eigenvalue weighted by Crippen LogP contribution is -2.44. The van der Waals surface area contributed by atoms with Crippen LogP contribution in [0.3, 0.4) is 0 Å². The van der Waals surface area contributed by atoms with E-state index >= 15 is 0 Å². The Hall–Kier alpha value is -4.55. The first-order valence-electron chi connectivity index (χ1n) is 11.3. The normalized spacial score (nSPS) is 21.3. The quantitative estimate of drug-likeness (QED) is 0.498. The maximum Gasteiger partial charge on any atom is 0.185 e. The lowest BCUT2D eigenvalue weighted by Gasteiger charge is -2.35. The molecule has 0 radical (unpaired) electrons. The summed E-state index contributed by atoms with van der Waals surface area (Å²) in [4.78, 5) is 16.2. The largest absolute Gasteiger partial charge is 0.497 e. The number of anilines is 1. The summed E-state index contributed by atoms with van der Waals surface area (Å²) in [6.45, 7) is 0. The van der Waals surface area contributed by atoms with Crippen molar-refractivity contribution < 1.29 is 14.3 Å². The van der Waals surface area contributed by atoms with Gasteiger partial charge in [0, 0.05) is 16.8 Å². The SMILES string of the molecule is COc1ccc(OC)c([C@@H]2[C@H](C(=O)c3ccccc3)N3c4ccccc4C=C[C@@H]3C2(C#N)C#N)c1. The van der Waals surface area contributed by atoms with Crippen molar-refractivity contribution in [3.8, 4) is 23.6 Å². The van der Waals surface area contributed by atoms with Crippen LogP contribution in [0.5, 0.6) is 11.5 Å². The lowest BCUT2D eigenvalue weighted by atomic mass is 9.69. The highest BCUT2D eigenvalue weighted by Gasteiger charge is 2.64. The monoisotopic (exact) mass is 461 g/mol. The summed E-state index contributed by atoms with van der Waals surface area (Å²) >= 11 is 0.